The van der Waals surface area contributed by atoms with Gasteiger partial charge in [-0.25, -0.2) is 4.98 Å². The zero-order valence-corrected chi connectivity index (χ0v) is 33.1. The van der Waals surface area contributed by atoms with Gasteiger partial charge in [-0.1, -0.05) is 26.8 Å². The molecule has 0 aliphatic rings. The van der Waals surface area contributed by atoms with E-state index in [0.29, 0.717) is 17.3 Å². The van der Waals surface area contributed by atoms with Gasteiger partial charge in [-0.15, -0.1) is 0 Å². The summed E-state index contributed by atoms with van der Waals surface area (Å²) in [7, 11) is 0. The molecule has 0 bridgehead atoms. The Labute approximate surface area is 322 Å². The summed E-state index contributed by atoms with van der Waals surface area (Å²) in [6, 6.07) is 29.3. The maximum absolute atomic E-state index is 11.2. The first-order valence-electron chi connectivity index (χ1n) is 17.2. The molecule has 0 aliphatic heterocycles. The average molecular weight is 797 g/mol. The minimum absolute atomic E-state index is 0.0612. The molecule has 2 unspecified atom stereocenters. The topological polar surface area (TPSA) is 159 Å². The van der Waals surface area contributed by atoms with Crippen molar-refractivity contribution in [2.75, 3.05) is 0 Å². The second-order valence-electron chi connectivity index (χ2n) is 12.3. The number of rotatable bonds is 9. The van der Waals surface area contributed by atoms with E-state index in [-0.39, 0.29) is 28.5 Å². The first-order valence-corrected chi connectivity index (χ1v) is 18.8. The van der Waals surface area contributed by atoms with Crippen LogP contribution < -0.4 is 0 Å². The zero-order valence-electron chi connectivity index (χ0n) is 30.7. The summed E-state index contributed by atoms with van der Waals surface area (Å²) in [6.45, 7) is 11.0. The molecule has 12 heteroatoms. The lowest BCUT2D eigenvalue weighted by atomic mass is 10.1. The van der Waals surface area contributed by atoms with Crippen molar-refractivity contribution >= 4 is 44.4 Å². The van der Waals surface area contributed by atoms with Gasteiger partial charge in [-0.05, 0) is 113 Å². The molecule has 7 aromatic heterocycles. The minimum atomic E-state index is 0.0612. The molecule has 10 nitrogen and oxygen atoms in total. The second kappa shape index (κ2) is 20.1. The van der Waals surface area contributed by atoms with Crippen LogP contribution >= 0.6 is 27.7 Å². The monoisotopic (exact) mass is 795 g/mol. The second-order valence-corrected chi connectivity index (χ2v) is 14.4. The number of hydrogen-bond donors (Lipinski definition) is 6. The van der Waals surface area contributed by atoms with Crippen molar-refractivity contribution in [2.24, 2.45) is 0 Å². The number of halogens is 1. The molecule has 0 radical (unpaired) electrons. The molecule has 6 N–H and O–H groups in total. The fourth-order valence-electron chi connectivity index (χ4n) is 5.27. The van der Waals surface area contributed by atoms with Gasteiger partial charge < -0.3 is 29.9 Å². The van der Waals surface area contributed by atoms with Crippen LogP contribution in [-0.2, 0) is 4.79 Å². The van der Waals surface area contributed by atoms with Crippen molar-refractivity contribution in [3.05, 3.63) is 166 Å². The number of H-pyrrole nitrogens is 6. The normalized spacial score (nSPS) is 11.6. The molecular formula is C41H46BrN7O3S. The first-order chi connectivity index (χ1) is 25.4. The SMILES string of the molecule is CC(=O)Sc1ccccn1.CC(=O)c1ccc(C(C)c2ccc(Br)[nH]2)[nH]1.CC(=O)c1ccc(C(C)c2ccc[nH]2)[nH]1.CC(c1ccc[nH]1)c1ccc[nH]1. The summed E-state index contributed by atoms with van der Waals surface area (Å²) >= 11 is 4.53. The van der Waals surface area contributed by atoms with Crippen LogP contribution in [0.25, 0.3) is 0 Å². The lowest BCUT2D eigenvalue weighted by Crippen LogP contribution is -1.98. The average Bonchev–Trinajstić information content (AvgIpc) is 4.00. The standard InChI is InChI=1S/C12H13BrN2O.C12H14N2O.C10H12N2.C7H7NOS/c1-7(10-5-6-12(13)15-10)9-3-4-11(14-9)8(2)16;1-8(10-4-3-7-13-10)11-5-6-12(14-11)9(2)15;1-8(9-4-2-6-11-9)10-5-3-7-12-10;1-6(9)10-7-4-2-3-5-8-7/h3-7,14-15H,1-2H3;3-8,13-14H,1-2H3;2-8,11-12H,1H3;2-5H,1H3. The van der Waals surface area contributed by atoms with Crippen LogP contribution in [0.1, 0.15) is 114 Å². The van der Waals surface area contributed by atoms with Crippen molar-refractivity contribution in [3.8, 4) is 0 Å². The van der Waals surface area contributed by atoms with Gasteiger partial charge in [0.15, 0.2) is 16.7 Å². The molecule has 0 aliphatic carbocycles. The Morgan fingerprint density at radius 1 is 0.547 bits per heavy atom. The number of nitrogens with one attached hydrogen (secondary N) is 6. The smallest absolute Gasteiger partial charge is 0.192 e. The lowest BCUT2D eigenvalue weighted by molar-refractivity contribution is -0.109. The summed E-state index contributed by atoms with van der Waals surface area (Å²) in [4.78, 5) is 55.9. The Morgan fingerprint density at radius 3 is 1.32 bits per heavy atom. The predicted molar refractivity (Wildman–Crippen MR) is 216 cm³/mol. The number of ketones is 2. The van der Waals surface area contributed by atoms with Crippen LogP contribution in [0.4, 0.5) is 0 Å². The summed E-state index contributed by atoms with van der Waals surface area (Å²) in [6.07, 6.45) is 7.48. The molecule has 7 rings (SSSR count). The van der Waals surface area contributed by atoms with Gasteiger partial charge in [0.1, 0.15) is 5.03 Å². The van der Waals surface area contributed by atoms with Crippen LogP contribution in [0.5, 0.6) is 0 Å². The van der Waals surface area contributed by atoms with Crippen molar-refractivity contribution < 1.29 is 14.4 Å². The number of thioether (sulfide) groups is 1. The summed E-state index contributed by atoms with van der Waals surface area (Å²) < 4.78 is 0.965. The number of nitrogens with zero attached hydrogens (tertiary/aromatic N) is 1. The lowest BCUT2D eigenvalue weighted by Gasteiger charge is -2.07. The van der Waals surface area contributed by atoms with Crippen molar-refractivity contribution in [1.82, 2.24) is 34.9 Å². The molecule has 0 saturated heterocycles. The van der Waals surface area contributed by atoms with Crippen LogP contribution in [-0.4, -0.2) is 51.6 Å². The molecule has 7 heterocycles. The molecular weight excluding hydrogens is 750 g/mol. The van der Waals surface area contributed by atoms with E-state index in [9.17, 15) is 14.4 Å². The van der Waals surface area contributed by atoms with Crippen molar-refractivity contribution in [1.29, 1.82) is 0 Å². The van der Waals surface area contributed by atoms with E-state index in [0.717, 1.165) is 44.2 Å². The third-order valence-corrected chi connectivity index (χ3v) is 9.60. The number of aromatic nitrogens is 7. The molecule has 0 aromatic carbocycles. The number of carbonyl (C=O) groups is 3. The largest absolute Gasteiger partial charge is 0.364 e. The summed E-state index contributed by atoms with van der Waals surface area (Å²) in [5.74, 6) is 1.04. The molecule has 53 heavy (non-hydrogen) atoms. The highest BCUT2D eigenvalue weighted by Gasteiger charge is 2.14. The number of hydrogen-bond acceptors (Lipinski definition) is 5. The van der Waals surface area contributed by atoms with Gasteiger partial charge in [0.05, 0.1) is 16.0 Å². The van der Waals surface area contributed by atoms with E-state index >= 15 is 0 Å². The predicted octanol–water partition coefficient (Wildman–Crippen LogP) is 10.4. The Balaban J connectivity index is 0.000000160. The highest BCUT2D eigenvalue weighted by molar-refractivity contribution is 9.10. The van der Waals surface area contributed by atoms with E-state index < -0.39 is 0 Å². The van der Waals surface area contributed by atoms with E-state index in [1.807, 2.05) is 97.5 Å². The van der Waals surface area contributed by atoms with Gasteiger partial charge in [0, 0.05) is 97.5 Å². The fourth-order valence-corrected chi connectivity index (χ4v) is 6.19. The van der Waals surface area contributed by atoms with Crippen LogP contribution in [0, 0.1) is 0 Å². The van der Waals surface area contributed by atoms with Gasteiger partial charge >= 0.3 is 0 Å². The van der Waals surface area contributed by atoms with Gasteiger partial charge in [-0.2, -0.15) is 0 Å². The van der Waals surface area contributed by atoms with Crippen LogP contribution in [0.2, 0.25) is 0 Å². The Kier molecular flexibility index (Phi) is 15.3. The molecule has 0 saturated carbocycles. The summed E-state index contributed by atoms with van der Waals surface area (Å²) in [5, 5.41) is 0.828. The molecule has 0 amide bonds. The van der Waals surface area contributed by atoms with Gasteiger partial charge in [0.2, 0.25) is 0 Å². The van der Waals surface area contributed by atoms with Crippen molar-refractivity contribution in [2.45, 2.75) is 64.3 Å². The van der Waals surface area contributed by atoms with E-state index in [1.165, 1.54) is 18.3 Å². The third kappa shape index (κ3) is 12.4. The van der Waals surface area contributed by atoms with E-state index in [2.05, 4.69) is 83.7 Å². The zero-order chi connectivity index (χ0) is 38.3. The minimum Gasteiger partial charge on any atom is -0.364 e. The Morgan fingerprint density at radius 2 is 0.981 bits per heavy atom. The summed E-state index contributed by atoms with van der Waals surface area (Å²) in [5.41, 5.74) is 8.18. The quantitative estimate of drug-likeness (QED) is 0.0633. The number of aromatic amines is 6. The van der Waals surface area contributed by atoms with Crippen molar-refractivity contribution in [3.63, 3.8) is 0 Å². The molecule has 2 atom stereocenters. The maximum atomic E-state index is 11.2. The maximum Gasteiger partial charge on any atom is 0.192 e. The molecule has 276 valence electrons. The molecule has 0 spiro atoms. The first kappa shape index (κ1) is 40.4. The number of carbonyl (C=O) groups excluding carboxylic acids is 3. The number of pyridine rings is 1. The molecule has 7 aromatic rings. The highest BCUT2D eigenvalue weighted by Crippen LogP contribution is 2.25. The highest BCUT2D eigenvalue weighted by atomic mass is 79.9. The van der Waals surface area contributed by atoms with E-state index in [1.54, 1.807) is 20.0 Å². The van der Waals surface area contributed by atoms with Crippen LogP contribution in [0.3, 0.4) is 0 Å². The number of Topliss-reactive ketones (excluding diaryl/α,β-unsaturated/α-hetero) is 2. The fraction of sp³-hybridized carbons (Fsp3) is 0.220. The van der Waals surface area contributed by atoms with E-state index in [4.69, 9.17) is 0 Å². The van der Waals surface area contributed by atoms with Gasteiger partial charge in [0.25, 0.3) is 0 Å². The third-order valence-electron chi connectivity index (χ3n) is 8.40. The molecule has 0 fully saturated rings. The van der Waals surface area contributed by atoms with Gasteiger partial charge in [-0.3, -0.25) is 14.4 Å². The Bertz CT molecular complexity index is 2080. The Hall–Kier alpha value is -5.33. The van der Waals surface area contributed by atoms with Crippen LogP contribution in [0.15, 0.2) is 125 Å².